The molecule has 0 spiro atoms. The molecule has 0 heteroatoms. The van der Waals surface area contributed by atoms with E-state index in [1.54, 1.807) is 0 Å². The van der Waals surface area contributed by atoms with Gasteiger partial charge in [-0.15, -0.1) is 0 Å². The van der Waals surface area contributed by atoms with Crippen LogP contribution in [0.3, 0.4) is 0 Å². The van der Waals surface area contributed by atoms with Gasteiger partial charge >= 0.3 is 0 Å². The molecule has 0 nitrogen and oxygen atoms in total. The minimum Gasteiger partial charge on any atom is -0.0652 e. The van der Waals surface area contributed by atoms with E-state index in [1.165, 1.54) is 43.8 Å². The zero-order valence-corrected chi connectivity index (χ0v) is 16.0. The highest BCUT2D eigenvalue weighted by Gasteiger charge is 2.36. The molecule has 0 fully saturated rings. The lowest BCUT2D eigenvalue weighted by atomic mass is 9.67. The number of hydrogen-bond acceptors (Lipinski definition) is 0. The van der Waals surface area contributed by atoms with Gasteiger partial charge in [0.2, 0.25) is 0 Å². The largest absolute Gasteiger partial charge is 0.0652 e. The van der Waals surface area contributed by atoms with Crippen LogP contribution >= 0.6 is 0 Å². The van der Waals surface area contributed by atoms with Crippen molar-refractivity contribution in [2.75, 3.05) is 0 Å². The van der Waals surface area contributed by atoms with Gasteiger partial charge in [0.25, 0.3) is 0 Å². The maximum Gasteiger partial charge on any atom is 0.0641 e. The summed E-state index contributed by atoms with van der Waals surface area (Å²) in [6, 6.07) is 35.2. The van der Waals surface area contributed by atoms with Crippen LogP contribution in [0.4, 0.5) is 0 Å². The fraction of sp³-hybridized carbons (Fsp3) is 0.0345. The predicted molar refractivity (Wildman–Crippen MR) is 121 cm³/mol. The smallest absolute Gasteiger partial charge is 0.0641 e. The normalized spacial score (nSPS) is 14.9. The second kappa shape index (κ2) is 6.18. The molecule has 6 rings (SSSR count). The fourth-order valence-electron chi connectivity index (χ4n) is 4.96. The molecule has 0 N–H and O–H groups in total. The number of hydrogen-bond donors (Lipinski definition) is 0. The minimum atomic E-state index is -0.287. The number of rotatable bonds is 2. The van der Waals surface area contributed by atoms with Crippen LogP contribution in [0.25, 0.3) is 23.3 Å². The number of benzene rings is 4. The van der Waals surface area contributed by atoms with Crippen LogP contribution in [0.2, 0.25) is 0 Å². The summed E-state index contributed by atoms with van der Waals surface area (Å²) in [5.74, 6) is 0. The third-order valence-electron chi connectivity index (χ3n) is 6.29. The van der Waals surface area contributed by atoms with E-state index in [0.717, 1.165) is 0 Å². The SMILES string of the molecule is C1=CC(c2ccccc2)(c2ccccc2)c2cc3c(cc2=C1)-c1ccccc1C=3. The van der Waals surface area contributed by atoms with E-state index in [0.29, 0.717) is 0 Å². The molecule has 0 aromatic heterocycles. The molecule has 136 valence electrons. The summed E-state index contributed by atoms with van der Waals surface area (Å²) in [4.78, 5) is 0. The Labute approximate surface area is 170 Å². The summed E-state index contributed by atoms with van der Waals surface area (Å²) in [7, 11) is 0. The molecule has 0 aliphatic heterocycles. The average molecular weight is 368 g/mol. The molecule has 4 aromatic rings. The molecule has 0 amide bonds. The summed E-state index contributed by atoms with van der Waals surface area (Å²) in [6.45, 7) is 0. The van der Waals surface area contributed by atoms with Crippen LogP contribution < -0.4 is 10.4 Å². The van der Waals surface area contributed by atoms with E-state index >= 15 is 0 Å². The third kappa shape index (κ3) is 2.33. The van der Waals surface area contributed by atoms with Crippen molar-refractivity contribution < 1.29 is 0 Å². The summed E-state index contributed by atoms with van der Waals surface area (Å²) in [5.41, 5.74) is 7.63. The maximum absolute atomic E-state index is 2.41. The Morgan fingerprint density at radius 3 is 1.93 bits per heavy atom. The van der Waals surface area contributed by atoms with Gasteiger partial charge in [-0.1, -0.05) is 103 Å². The first-order valence-electron chi connectivity index (χ1n) is 10.1. The van der Waals surface area contributed by atoms with Crippen molar-refractivity contribution in [1.29, 1.82) is 0 Å². The Balaban J connectivity index is 1.70. The van der Waals surface area contributed by atoms with Crippen molar-refractivity contribution in [3.05, 3.63) is 142 Å². The second-order valence-electron chi connectivity index (χ2n) is 7.82. The standard InChI is InChI=1S/C29H20/c1-3-12-24(13-4-1)29(25-14-5-2-6-15-25)17-9-11-22-19-27-23(20-28(22)29)18-21-10-7-8-16-26(21)27/h1-20H. The lowest BCUT2D eigenvalue weighted by Crippen LogP contribution is -2.36. The van der Waals surface area contributed by atoms with Gasteiger partial charge in [-0.25, -0.2) is 0 Å². The van der Waals surface area contributed by atoms with Gasteiger partial charge in [0.05, 0.1) is 5.41 Å². The van der Waals surface area contributed by atoms with Gasteiger partial charge in [-0.2, -0.15) is 0 Å². The predicted octanol–water partition coefficient (Wildman–Crippen LogP) is 5.18. The van der Waals surface area contributed by atoms with Crippen molar-refractivity contribution in [2.24, 2.45) is 0 Å². The molecule has 4 aromatic carbocycles. The molecule has 0 radical (unpaired) electrons. The highest BCUT2D eigenvalue weighted by molar-refractivity contribution is 5.83. The minimum absolute atomic E-state index is 0.287. The highest BCUT2D eigenvalue weighted by Crippen LogP contribution is 2.40. The third-order valence-corrected chi connectivity index (χ3v) is 6.29. The molecule has 0 saturated carbocycles. The van der Waals surface area contributed by atoms with Crippen LogP contribution in [0.1, 0.15) is 22.3 Å². The molecule has 2 aliphatic carbocycles. The van der Waals surface area contributed by atoms with E-state index in [9.17, 15) is 0 Å². The molecule has 0 bridgehead atoms. The van der Waals surface area contributed by atoms with Crippen LogP contribution in [0.15, 0.2) is 109 Å². The first kappa shape index (κ1) is 16.3. The molecule has 0 heterocycles. The topological polar surface area (TPSA) is 0 Å². The Morgan fingerprint density at radius 1 is 0.552 bits per heavy atom. The summed E-state index contributed by atoms with van der Waals surface area (Å²) >= 11 is 0. The van der Waals surface area contributed by atoms with Crippen LogP contribution in [0.5, 0.6) is 0 Å². The molecule has 29 heavy (non-hydrogen) atoms. The quantitative estimate of drug-likeness (QED) is 0.403. The first-order valence-corrected chi connectivity index (χ1v) is 10.1. The van der Waals surface area contributed by atoms with E-state index < -0.39 is 0 Å². The molecular formula is C29H20. The Kier molecular flexibility index (Phi) is 3.48. The van der Waals surface area contributed by atoms with Gasteiger partial charge < -0.3 is 0 Å². The first-order chi connectivity index (χ1) is 14.4. The van der Waals surface area contributed by atoms with Gasteiger partial charge in [0.1, 0.15) is 0 Å². The van der Waals surface area contributed by atoms with Gasteiger partial charge in [-0.3, -0.25) is 0 Å². The second-order valence-corrected chi connectivity index (χ2v) is 7.82. The molecule has 0 saturated heterocycles. The van der Waals surface area contributed by atoms with E-state index in [4.69, 9.17) is 0 Å². The Bertz CT molecular complexity index is 1330. The van der Waals surface area contributed by atoms with Crippen molar-refractivity contribution in [3.63, 3.8) is 0 Å². The van der Waals surface area contributed by atoms with Crippen LogP contribution in [0, 0.1) is 0 Å². The molecule has 0 atom stereocenters. The van der Waals surface area contributed by atoms with Gasteiger partial charge in [0, 0.05) is 0 Å². The zero-order valence-electron chi connectivity index (χ0n) is 16.0. The Hall–Kier alpha value is -3.64. The van der Waals surface area contributed by atoms with Crippen molar-refractivity contribution in [1.82, 2.24) is 0 Å². The van der Waals surface area contributed by atoms with Crippen LogP contribution in [-0.2, 0) is 5.41 Å². The van der Waals surface area contributed by atoms with Crippen molar-refractivity contribution in [3.8, 4) is 11.1 Å². The average Bonchev–Trinajstić information content (AvgIpc) is 3.16. The zero-order chi connectivity index (χ0) is 19.3. The van der Waals surface area contributed by atoms with Crippen molar-refractivity contribution >= 4 is 12.2 Å². The van der Waals surface area contributed by atoms with Crippen LogP contribution in [-0.4, -0.2) is 0 Å². The fourth-order valence-corrected chi connectivity index (χ4v) is 4.96. The Morgan fingerprint density at radius 2 is 1.21 bits per heavy atom. The highest BCUT2D eigenvalue weighted by atomic mass is 14.4. The summed E-state index contributed by atoms with van der Waals surface area (Å²) < 4.78 is 0. The molecule has 0 unspecified atom stereocenters. The number of allylic oxidation sites excluding steroid dienone is 2. The molecular weight excluding hydrogens is 348 g/mol. The maximum atomic E-state index is 2.41. The molecule has 2 aliphatic rings. The van der Waals surface area contributed by atoms with E-state index in [1.807, 2.05) is 0 Å². The van der Waals surface area contributed by atoms with E-state index in [2.05, 4.69) is 121 Å². The van der Waals surface area contributed by atoms with Crippen molar-refractivity contribution in [2.45, 2.75) is 5.41 Å². The number of fused-ring (bicyclic) bond motifs is 4. The summed E-state index contributed by atoms with van der Waals surface area (Å²) in [5, 5.41) is 2.61. The summed E-state index contributed by atoms with van der Waals surface area (Å²) in [6.07, 6.45) is 9.15. The monoisotopic (exact) mass is 368 g/mol. The lowest BCUT2D eigenvalue weighted by Gasteiger charge is -2.35. The lowest BCUT2D eigenvalue weighted by molar-refractivity contribution is 0.767. The van der Waals surface area contributed by atoms with E-state index in [-0.39, 0.29) is 5.41 Å². The van der Waals surface area contributed by atoms with Gasteiger partial charge in [-0.05, 0) is 62.0 Å². The van der Waals surface area contributed by atoms with Gasteiger partial charge in [0.15, 0.2) is 0 Å².